The molecule has 0 spiro atoms. The molecule has 1 atom stereocenters. The first-order valence-corrected chi connectivity index (χ1v) is 5.44. The van der Waals surface area contributed by atoms with Crippen molar-refractivity contribution in [3.8, 4) is 0 Å². The van der Waals surface area contributed by atoms with Crippen molar-refractivity contribution in [3.05, 3.63) is 0 Å². The molecule has 2 saturated heterocycles. The van der Waals surface area contributed by atoms with Crippen LogP contribution in [0.5, 0.6) is 0 Å². The third kappa shape index (κ3) is 1.32. The van der Waals surface area contributed by atoms with Gasteiger partial charge in [-0.05, 0) is 38.1 Å². The molecule has 2 heteroatoms. The smallest absolute Gasteiger partial charge is 0.0194 e. The lowest BCUT2D eigenvalue weighted by atomic mass is 10.2. The van der Waals surface area contributed by atoms with E-state index < -0.39 is 0 Å². The Morgan fingerprint density at radius 2 is 2.00 bits per heavy atom. The van der Waals surface area contributed by atoms with Gasteiger partial charge in [0.2, 0.25) is 0 Å². The highest BCUT2D eigenvalue weighted by atomic mass is 32.2. The van der Waals surface area contributed by atoms with Crippen molar-refractivity contribution < 1.29 is 0 Å². The Morgan fingerprint density at radius 3 is 2.60 bits per heavy atom. The Balaban J connectivity index is 1.85. The molecular formula is C8H15NS. The number of likely N-dealkylation sites (tertiary alicyclic amines) is 1. The molecule has 0 unspecified atom stereocenters. The van der Waals surface area contributed by atoms with E-state index in [0.717, 1.165) is 6.04 Å². The van der Waals surface area contributed by atoms with Crippen molar-refractivity contribution in [2.75, 3.05) is 24.6 Å². The summed E-state index contributed by atoms with van der Waals surface area (Å²) in [6.45, 7) is 2.76. The summed E-state index contributed by atoms with van der Waals surface area (Å²) < 4.78 is 0. The van der Waals surface area contributed by atoms with Gasteiger partial charge in [-0.3, -0.25) is 4.90 Å². The van der Waals surface area contributed by atoms with Crippen molar-refractivity contribution >= 4 is 11.8 Å². The molecule has 0 aliphatic carbocycles. The van der Waals surface area contributed by atoms with Crippen molar-refractivity contribution in [2.45, 2.75) is 25.3 Å². The number of hydrogen-bond donors (Lipinski definition) is 0. The first-order valence-electron chi connectivity index (χ1n) is 4.28. The molecule has 2 rings (SSSR count). The summed E-state index contributed by atoms with van der Waals surface area (Å²) in [5.74, 6) is 2.81. The predicted molar refractivity (Wildman–Crippen MR) is 46.5 cm³/mol. The molecule has 1 nitrogen and oxygen atoms in total. The highest BCUT2D eigenvalue weighted by Gasteiger charge is 2.24. The number of hydrogen-bond acceptors (Lipinski definition) is 2. The molecule has 0 aromatic carbocycles. The maximum absolute atomic E-state index is 2.68. The second kappa shape index (κ2) is 3.14. The normalized spacial score (nSPS) is 35.4. The zero-order chi connectivity index (χ0) is 6.81. The van der Waals surface area contributed by atoms with Crippen LogP contribution < -0.4 is 0 Å². The van der Waals surface area contributed by atoms with E-state index in [4.69, 9.17) is 0 Å². The zero-order valence-corrected chi connectivity index (χ0v) is 7.20. The molecule has 0 aromatic rings. The lowest BCUT2D eigenvalue weighted by molar-refractivity contribution is 0.264. The highest BCUT2D eigenvalue weighted by Crippen LogP contribution is 2.24. The topological polar surface area (TPSA) is 3.24 Å². The minimum Gasteiger partial charge on any atom is -0.300 e. The molecular weight excluding hydrogens is 142 g/mol. The number of rotatable bonds is 1. The standard InChI is InChI=1S/C8H15NS/c1-2-5-9(4-1)8-3-6-10-7-8/h8H,1-7H2/t8-/m0/s1. The van der Waals surface area contributed by atoms with Crippen LogP contribution in [0.25, 0.3) is 0 Å². The van der Waals surface area contributed by atoms with E-state index in [1.165, 1.54) is 43.9 Å². The lowest BCUT2D eigenvalue weighted by Gasteiger charge is -2.21. The fourth-order valence-corrected chi connectivity index (χ4v) is 3.17. The number of nitrogens with zero attached hydrogens (tertiary/aromatic N) is 1. The zero-order valence-electron chi connectivity index (χ0n) is 6.38. The first-order chi connectivity index (χ1) is 4.97. The third-order valence-corrected chi connectivity index (χ3v) is 3.71. The molecule has 2 fully saturated rings. The van der Waals surface area contributed by atoms with Crippen LogP contribution in [0, 0.1) is 0 Å². The average Bonchev–Trinajstić information content (AvgIpc) is 2.59. The van der Waals surface area contributed by atoms with Crippen LogP contribution in [-0.4, -0.2) is 35.5 Å². The van der Waals surface area contributed by atoms with Crippen LogP contribution in [0.1, 0.15) is 19.3 Å². The van der Waals surface area contributed by atoms with E-state index >= 15 is 0 Å². The quantitative estimate of drug-likeness (QED) is 0.568. The van der Waals surface area contributed by atoms with Gasteiger partial charge < -0.3 is 0 Å². The summed E-state index contributed by atoms with van der Waals surface area (Å²) in [6, 6.07) is 0.951. The largest absolute Gasteiger partial charge is 0.300 e. The van der Waals surface area contributed by atoms with Crippen molar-refractivity contribution in [1.82, 2.24) is 4.90 Å². The van der Waals surface area contributed by atoms with Gasteiger partial charge in [0, 0.05) is 11.8 Å². The minimum atomic E-state index is 0.951. The molecule has 2 aliphatic rings. The molecule has 0 aromatic heterocycles. The average molecular weight is 157 g/mol. The summed E-state index contributed by atoms with van der Waals surface area (Å²) in [6.07, 6.45) is 4.34. The molecule has 58 valence electrons. The van der Waals surface area contributed by atoms with Gasteiger partial charge in [0.25, 0.3) is 0 Å². The van der Waals surface area contributed by atoms with Crippen LogP contribution in [0.4, 0.5) is 0 Å². The van der Waals surface area contributed by atoms with Crippen molar-refractivity contribution in [3.63, 3.8) is 0 Å². The van der Waals surface area contributed by atoms with E-state index in [1.54, 1.807) is 0 Å². The Bertz CT molecular complexity index is 89.8. The van der Waals surface area contributed by atoms with Crippen LogP contribution in [-0.2, 0) is 0 Å². The van der Waals surface area contributed by atoms with Gasteiger partial charge >= 0.3 is 0 Å². The molecule has 2 heterocycles. The molecule has 0 radical (unpaired) electrons. The summed E-state index contributed by atoms with van der Waals surface area (Å²) >= 11 is 2.13. The Kier molecular flexibility index (Phi) is 2.19. The monoisotopic (exact) mass is 157 g/mol. The summed E-state index contributed by atoms with van der Waals surface area (Å²) in [5, 5.41) is 0. The van der Waals surface area contributed by atoms with Crippen LogP contribution in [0.15, 0.2) is 0 Å². The Hall–Kier alpha value is 0.310. The first kappa shape index (κ1) is 6.99. The summed E-state index contributed by atoms with van der Waals surface area (Å²) in [7, 11) is 0. The van der Waals surface area contributed by atoms with Crippen LogP contribution in [0.2, 0.25) is 0 Å². The molecule has 0 amide bonds. The molecule has 10 heavy (non-hydrogen) atoms. The predicted octanol–water partition coefficient (Wildman–Crippen LogP) is 1.59. The fraction of sp³-hybridized carbons (Fsp3) is 1.00. The van der Waals surface area contributed by atoms with E-state index in [2.05, 4.69) is 16.7 Å². The number of thioether (sulfide) groups is 1. The second-order valence-corrected chi connectivity index (χ2v) is 4.41. The third-order valence-electron chi connectivity index (χ3n) is 2.56. The van der Waals surface area contributed by atoms with Crippen molar-refractivity contribution in [1.29, 1.82) is 0 Å². The minimum absolute atomic E-state index is 0.951. The van der Waals surface area contributed by atoms with Gasteiger partial charge in [-0.25, -0.2) is 0 Å². The van der Waals surface area contributed by atoms with Gasteiger partial charge in [0.15, 0.2) is 0 Å². The van der Waals surface area contributed by atoms with Crippen LogP contribution >= 0.6 is 11.8 Å². The van der Waals surface area contributed by atoms with E-state index in [0.29, 0.717) is 0 Å². The van der Waals surface area contributed by atoms with Gasteiger partial charge in [0.1, 0.15) is 0 Å². The van der Waals surface area contributed by atoms with Gasteiger partial charge in [-0.15, -0.1) is 0 Å². The Labute approximate surface area is 67.2 Å². The molecule has 0 saturated carbocycles. The van der Waals surface area contributed by atoms with E-state index in [1.807, 2.05) is 0 Å². The molecule has 2 aliphatic heterocycles. The highest BCUT2D eigenvalue weighted by molar-refractivity contribution is 7.99. The summed E-state index contributed by atoms with van der Waals surface area (Å²) in [5.41, 5.74) is 0. The maximum Gasteiger partial charge on any atom is 0.0194 e. The lowest BCUT2D eigenvalue weighted by Crippen LogP contribution is -2.32. The fourth-order valence-electron chi connectivity index (χ4n) is 1.92. The van der Waals surface area contributed by atoms with Gasteiger partial charge in [-0.2, -0.15) is 11.8 Å². The SMILES string of the molecule is C1CCN([C@H]2CCSC2)C1. The maximum atomic E-state index is 2.68. The Morgan fingerprint density at radius 1 is 1.20 bits per heavy atom. The van der Waals surface area contributed by atoms with E-state index in [-0.39, 0.29) is 0 Å². The summed E-state index contributed by atoms with van der Waals surface area (Å²) in [4.78, 5) is 2.68. The molecule has 0 N–H and O–H groups in total. The van der Waals surface area contributed by atoms with Gasteiger partial charge in [-0.1, -0.05) is 0 Å². The molecule has 0 bridgehead atoms. The van der Waals surface area contributed by atoms with Gasteiger partial charge in [0.05, 0.1) is 0 Å². The van der Waals surface area contributed by atoms with E-state index in [9.17, 15) is 0 Å². The second-order valence-electron chi connectivity index (χ2n) is 3.26. The van der Waals surface area contributed by atoms with Crippen molar-refractivity contribution in [2.24, 2.45) is 0 Å². The van der Waals surface area contributed by atoms with Crippen LogP contribution in [0.3, 0.4) is 0 Å².